The summed E-state index contributed by atoms with van der Waals surface area (Å²) >= 11 is 0. The predicted molar refractivity (Wildman–Crippen MR) is 130 cm³/mol. The maximum atomic E-state index is 12.5. The molecule has 3 rings (SSSR count). The fourth-order valence-corrected chi connectivity index (χ4v) is 3.85. The molecule has 0 heterocycles. The second-order valence-electron chi connectivity index (χ2n) is 8.38. The summed E-state index contributed by atoms with van der Waals surface area (Å²) in [5, 5.41) is 0. The first-order valence-corrected chi connectivity index (χ1v) is 11.6. The monoisotopic (exact) mass is 414 g/mol. The lowest BCUT2D eigenvalue weighted by atomic mass is 9.93. The van der Waals surface area contributed by atoms with E-state index in [-0.39, 0.29) is 5.97 Å². The first-order valence-electron chi connectivity index (χ1n) is 11.6. The van der Waals surface area contributed by atoms with E-state index in [1.54, 1.807) is 0 Å². The molecule has 0 N–H and O–H groups in total. The van der Waals surface area contributed by atoms with Crippen LogP contribution in [0.25, 0.3) is 11.1 Å². The van der Waals surface area contributed by atoms with E-state index in [0.29, 0.717) is 17.2 Å². The van der Waals surface area contributed by atoms with Crippen molar-refractivity contribution in [2.45, 2.75) is 65.2 Å². The number of hydrogen-bond acceptors (Lipinski definition) is 2. The number of aryl methyl sites for hydroxylation is 1. The third-order valence-electron chi connectivity index (χ3n) is 5.85. The molecule has 3 aromatic rings. The maximum Gasteiger partial charge on any atom is 0.343 e. The molecule has 0 saturated carbocycles. The summed E-state index contributed by atoms with van der Waals surface area (Å²) in [7, 11) is 0. The zero-order valence-electron chi connectivity index (χ0n) is 19.1. The quantitative estimate of drug-likeness (QED) is 0.190. The van der Waals surface area contributed by atoms with E-state index in [9.17, 15) is 4.79 Å². The minimum Gasteiger partial charge on any atom is -0.423 e. The lowest BCUT2D eigenvalue weighted by Gasteiger charge is -2.12. The van der Waals surface area contributed by atoms with Crippen LogP contribution in [-0.4, -0.2) is 5.97 Å². The Morgan fingerprint density at radius 3 is 1.97 bits per heavy atom. The number of carbonyl (C=O) groups is 1. The first kappa shape index (κ1) is 22.8. The van der Waals surface area contributed by atoms with E-state index >= 15 is 0 Å². The van der Waals surface area contributed by atoms with Gasteiger partial charge in [-0.3, -0.25) is 0 Å². The lowest BCUT2D eigenvalue weighted by molar-refractivity contribution is 0.0734. The summed E-state index contributed by atoms with van der Waals surface area (Å²) in [5.74, 6) is 0.845. The topological polar surface area (TPSA) is 26.3 Å². The largest absolute Gasteiger partial charge is 0.423 e. The van der Waals surface area contributed by atoms with E-state index < -0.39 is 0 Å². The molecule has 1 unspecified atom stereocenters. The molecule has 2 nitrogen and oxygen atoms in total. The van der Waals surface area contributed by atoms with Gasteiger partial charge in [0.05, 0.1) is 5.56 Å². The summed E-state index contributed by atoms with van der Waals surface area (Å²) in [4.78, 5) is 12.5. The van der Waals surface area contributed by atoms with Crippen LogP contribution in [-0.2, 0) is 6.42 Å². The maximum absolute atomic E-state index is 12.5. The second kappa shape index (κ2) is 11.5. The van der Waals surface area contributed by atoms with E-state index in [1.807, 2.05) is 48.5 Å². The molecular formula is C29H34O2. The molecule has 0 aliphatic heterocycles. The third kappa shape index (κ3) is 6.55. The molecule has 162 valence electrons. The van der Waals surface area contributed by atoms with Gasteiger partial charge in [0.15, 0.2) is 0 Å². The van der Waals surface area contributed by atoms with E-state index in [4.69, 9.17) is 4.74 Å². The molecule has 0 spiro atoms. The zero-order valence-corrected chi connectivity index (χ0v) is 19.1. The zero-order chi connectivity index (χ0) is 22.1. The number of unbranched alkanes of at least 4 members (excludes halogenated alkanes) is 2. The van der Waals surface area contributed by atoms with Crippen molar-refractivity contribution in [3.05, 3.63) is 89.5 Å². The van der Waals surface area contributed by atoms with Crippen molar-refractivity contribution in [1.29, 1.82) is 0 Å². The van der Waals surface area contributed by atoms with Crippen molar-refractivity contribution in [2.75, 3.05) is 0 Å². The van der Waals surface area contributed by atoms with Crippen molar-refractivity contribution in [1.82, 2.24) is 0 Å². The summed E-state index contributed by atoms with van der Waals surface area (Å²) in [6, 6.07) is 24.2. The highest BCUT2D eigenvalue weighted by atomic mass is 16.5. The molecule has 0 radical (unpaired) electrons. The molecule has 2 heteroatoms. The third-order valence-corrected chi connectivity index (χ3v) is 5.85. The van der Waals surface area contributed by atoms with Crippen LogP contribution in [0, 0.1) is 0 Å². The first-order chi connectivity index (χ1) is 15.1. The van der Waals surface area contributed by atoms with Gasteiger partial charge in [-0.1, -0.05) is 95.0 Å². The van der Waals surface area contributed by atoms with Gasteiger partial charge in [0.25, 0.3) is 0 Å². The van der Waals surface area contributed by atoms with Gasteiger partial charge in [0, 0.05) is 0 Å². The molecule has 0 aliphatic rings. The van der Waals surface area contributed by atoms with E-state index in [0.717, 1.165) is 24.0 Å². The van der Waals surface area contributed by atoms with Crippen LogP contribution in [0.2, 0.25) is 0 Å². The van der Waals surface area contributed by atoms with Gasteiger partial charge in [-0.05, 0) is 65.3 Å². The standard InChI is InChI=1S/C29H34O2/c1-4-6-7-9-22(3)24-12-14-25(15-13-24)26-16-18-27(19-17-26)29(30)31-28-20-10-23(8-5-2)11-21-28/h10-22H,4-9H2,1-3H3. The second-order valence-corrected chi connectivity index (χ2v) is 8.38. The molecular weight excluding hydrogens is 380 g/mol. The van der Waals surface area contributed by atoms with Crippen molar-refractivity contribution in [2.24, 2.45) is 0 Å². The predicted octanol–water partition coefficient (Wildman–Crippen LogP) is 8.21. The van der Waals surface area contributed by atoms with Crippen molar-refractivity contribution < 1.29 is 9.53 Å². The fourth-order valence-electron chi connectivity index (χ4n) is 3.85. The molecule has 0 bridgehead atoms. The van der Waals surface area contributed by atoms with Gasteiger partial charge in [0.2, 0.25) is 0 Å². The number of benzene rings is 3. The lowest BCUT2D eigenvalue weighted by Crippen LogP contribution is -2.08. The number of carbonyl (C=O) groups excluding carboxylic acids is 1. The highest BCUT2D eigenvalue weighted by Crippen LogP contribution is 2.26. The van der Waals surface area contributed by atoms with Gasteiger partial charge in [-0.25, -0.2) is 4.79 Å². The number of rotatable bonds is 10. The SMILES string of the molecule is CCCCCC(C)c1ccc(-c2ccc(C(=O)Oc3ccc(CCC)cc3)cc2)cc1. The minimum absolute atomic E-state index is 0.328. The molecule has 0 saturated heterocycles. The van der Waals surface area contributed by atoms with Gasteiger partial charge < -0.3 is 4.74 Å². The molecule has 31 heavy (non-hydrogen) atoms. The van der Waals surface area contributed by atoms with Crippen LogP contribution in [0.3, 0.4) is 0 Å². The summed E-state index contributed by atoms with van der Waals surface area (Å²) < 4.78 is 5.52. The number of ether oxygens (including phenoxy) is 1. The van der Waals surface area contributed by atoms with E-state index in [1.165, 1.54) is 36.8 Å². The molecule has 0 aliphatic carbocycles. The molecule has 3 aromatic carbocycles. The van der Waals surface area contributed by atoms with Crippen LogP contribution in [0.15, 0.2) is 72.8 Å². The van der Waals surface area contributed by atoms with Crippen molar-refractivity contribution in [3.63, 3.8) is 0 Å². The normalized spacial score (nSPS) is 11.8. The Balaban J connectivity index is 1.60. The highest BCUT2D eigenvalue weighted by molar-refractivity contribution is 5.91. The number of hydrogen-bond donors (Lipinski definition) is 0. The Hall–Kier alpha value is -2.87. The van der Waals surface area contributed by atoms with Gasteiger partial charge in [-0.15, -0.1) is 0 Å². The Labute approximate surface area is 187 Å². The Morgan fingerprint density at radius 2 is 1.39 bits per heavy atom. The van der Waals surface area contributed by atoms with Crippen LogP contribution >= 0.6 is 0 Å². The van der Waals surface area contributed by atoms with Crippen molar-refractivity contribution in [3.8, 4) is 16.9 Å². The Bertz CT molecular complexity index is 938. The van der Waals surface area contributed by atoms with Gasteiger partial charge in [0.1, 0.15) is 5.75 Å². The van der Waals surface area contributed by atoms with Crippen LogP contribution < -0.4 is 4.74 Å². The average molecular weight is 415 g/mol. The molecule has 0 aromatic heterocycles. The van der Waals surface area contributed by atoms with Gasteiger partial charge >= 0.3 is 5.97 Å². The summed E-state index contributed by atoms with van der Waals surface area (Å²) in [6.45, 7) is 6.71. The van der Waals surface area contributed by atoms with Crippen LogP contribution in [0.4, 0.5) is 0 Å². The minimum atomic E-state index is -0.328. The van der Waals surface area contributed by atoms with Crippen LogP contribution in [0.5, 0.6) is 5.75 Å². The Morgan fingerprint density at radius 1 is 0.774 bits per heavy atom. The van der Waals surface area contributed by atoms with Crippen LogP contribution in [0.1, 0.15) is 80.3 Å². The summed E-state index contributed by atoms with van der Waals surface area (Å²) in [6.07, 6.45) is 7.24. The highest BCUT2D eigenvalue weighted by Gasteiger charge is 2.10. The molecule has 0 amide bonds. The summed E-state index contributed by atoms with van der Waals surface area (Å²) in [5.41, 5.74) is 5.47. The smallest absolute Gasteiger partial charge is 0.343 e. The molecule has 0 fully saturated rings. The number of esters is 1. The fraction of sp³-hybridized carbons (Fsp3) is 0.345. The average Bonchev–Trinajstić information content (AvgIpc) is 2.81. The Kier molecular flexibility index (Phi) is 8.46. The molecule has 1 atom stereocenters. The van der Waals surface area contributed by atoms with Gasteiger partial charge in [-0.2, -0.15) is 0 Å². The van der Waals surface area contributed by atoms with Crippen molar-refractivity contribution >= 4 is 5.97 Å². The van der Waals surface area contributed by atoms with E-state index in [2.05, 4.69) is 45.0 Å².